The number of rotatable bonds is 5. The number of benzene rings is 2. The van der Waals surface area contributed by atoms with Gasteiger partial charge in [-0.1, -0.05) is 30.3 Å². The van der Waals surface area contributed by atoms with Crippen LogP contribution < -0.4 is 4.90 Å². The molecule has 4 aromatic rings. The molecule has 0 saturated carbocycles. The second-order valence-electron chi connectivity index (χ2n) is 8.98. The molecular formula is C26H24F4N6. The first kappa shape index (κ1) is 24.1. The van der Waals surface area contributed by atoms with E-state index in [2.05, 4.69) is 25.1 Å². The minimum Gasteiger partial charge on any atom is -0.354 e. The predicted octanol–water partition coefficient (Wildman–Crippen LogP) is 5.35. The van der Waals surface area contributed by atoms with Gasteiger partial charge in [0.25, 0.3) is 0 Å². The van der Waals surface area contributed by atoms with Crippen LogP contribution in [0.1, 0.15) is 24.0 Å². The van der Waals surface area contributed by atoms with Gasteiger partial charge in [0.05, 0.1) is 5.56 Å². The molecule has 2 aromatic heterocycles. The van der Waals surface area contributed by atoms with Crippen LogP contribution in [-0.2, 0) is 12.7 Å². The van der Waals surface area contributed by atoms with Gasteiger partial charge in [0.1, 0.15) is 17.8 Å². The third-order valence-electron chi connectivity index (χ3n) is 6.69. The molecule has 0 unspecified atom stereocenters. The third kappa shape index (κ3) is 4.86. The number of alkyl halides is 3. The quantitative estimate of drug-likeness (QED) is 0.348. The molecule has 1 fully saturated rings. The molecule has 0 aliphatic carbocycles. The lowest BCUT2D eigenvalue weighted by Gasteiger charge is -2.37. The smallest absolute Gasteiger partial charge is 0.354 e. The van der Waals surface area contributed by atoms with Crippen LogP contribution in [0, 0.1) is 5.82 Å². The Morgan fingerprint density at radius 2 is 1.67 bits per heavy atom. The Labute approximate surface area is 205 Å². The minimum atomic E-state index is -4.60. The lowest BCUT2D eigenvalue weighted by atomic mass is 10.0. The van der Waals surface area contributed by atoms with Crippen LogP contribution in [0.2, 0.25) is 0 Å². The Balaban J connectivity index is 1.32. The maximum atomic E-state index is 13.5. The standard InChI is InChI=1S/C26H24F4N6/c1-35(15-17-6-7-19(27)12-23(17)26(28,29)30)20-8-10-36(11-9-20)25-22-5-3-2-4-21(22)24(33-34-25)18-13-31-16-32-14-18/h2-7,12-14,16,20H,8-11,15H2,1H3. The largest absolute Gasteiger partial charge is 0.416 e. The topological polar surface area (TPSA) is 58.0 Å². The summed E-state index contributed by atoms with van der Waals surface area (Å²) < 4.78 is 53.7. The van der Waals surface area contributed by atoms with Gasteiger partial charge < -0.3 is 4.90 Å². The molecule has 0 spiro atoms. The molecule has 3 heterocycles. The van der Waals surface area contributed by atoms with Gasteiger partial charge in [0.15, 0.2) is 5.82 Å². The van der Waals surface area contributed by atoms with Crippen molar-refractivity contribution in [3.63, 3.8) is 0 Å². The monoisotopic (exact) mass is 496 g/mol. The van der Waals surface area contributed by atoms with Crippen molar-refractivity contribution in [2.75, 3.05) is 25.0 Å². The van der Waals surface area contributed by atoms with Crippen LogP contribution in [0.15, 0.2) is 61.2 Å². The maximum Gasteiger partial charge on any atom is 0.416 e. The maximum absolute atomic E-state index is 13.5. The fourth-order valence-electron chi connectivity index (χ4n) is 4.82. The number of hydrogen-bond acceptors (Lipinski definition) is 6. The lowest BCUT2D eigenvalue weighted by molar-refractivity contribution is -0.138. The number of anilines is 1. The van der Waals surface area contributed by atoms with Crippen LogP contribution in [-0.4, -0.2) is 51.2 Å². The summed E-state index contributed by atoms with van der Waals surface area (Å²) in [5.74, 6) is -0.105. The number of aromatic nitrogens is 4. The van der Waals surface area contributed by atoms with Gasteiger partial charge in [-0.15, -0.1) is 10.2 Å². The molecule has 0 atom stereocenters. The summed E-state index contributed by atoms with van der Waals surface area (Å²) >= 11 is 0. The molecule has 186 valence electrons. The van der Waals surface area contributed by atoms with Crippen LogP contribution in [0.4, 0.5) is 23.4 Å². The first-order valence-corrected chi connectivity index (χ1v) is 11.6. The summed E-state index contributed by atoms with van der Waals surface area (Å²) in [6.45, 7) is 1.48. The second-order valence-corrected chi connectivity index (χ2v) is 8.98. The van der Waals surface area contributed by atoms with Gasteiger partial charge in [0.2, 0.25) is 0 Å². The molecule has 1 aliphatic rings. The highest BCUT2D eigenvalue weighted by Crippen LogP contribution is 2.35. The van der Waals surface area contributed by atoms with E-state index in [-0.39, 0.29) is 18.2 Å². The number of piperidine rings is 1. The van der Waals surface area contributed by atoms with Crippen molar-refractivity contribution in [2.24, 2.45) is 0 Å². The predicted molar refractivity (Wildman–Crippen MR) is 129 cm³/mol. The van der Waals surface area contributed by atoms with E-state index in [0.29, 0.717) is 24.8 Å². The van der Waals surface area contributed by atoms with Crippen molar-refractivity contribution in [2.45, 2.75) is 31.6 Å². The Morgan fingerprint density at radius 3 is 2.36 bits per heavy atom. The lowest BCUT2D eigenvalue weighted by Crippen LogP contribution is -2.43. The number of nitrogens with zero attached hydrogens (tertiary/aromatic N) is 6. The van der Waals surface area contributed by atoms with Crippen molar-refractivity contribution < 1.29 is 17.6 Å². The zero-order chi connectivity index (χ0) is 25.3. The van der Waals surface area contributed by atoms with Crippen LogP contribution in [0.25, 0.3) is 22.0 Å². The molecule has 0 bridgehead atoms. The van der Waals surface area contributed by atoms with Gasteiger partial charge in [0, 0.05) is 54.4 Å². The van der Waals surface area contributed by atoms with Crippen LogP contribution in [0.3, 0.4) is 0 Å². The summed E-state index contributed by atoms with van der Waals surface area (Å²) in [5.41, 5.74) is 0.653. The molecule has 0 radical (unpaired) electrons. The summed E-state index contributed by atoms with van der Waals surface area (Å²) in [7, 11) is 1.82. The van der Waals surface area contributed by atoms with E-state index in [1.165, 1.54) is 12.4 Å². The van der Waals surface area contributed by atoms with Crippen molar-refractivity contribution in [1.82, 2.24) is 25.1 Å². The molecule has 36 heavy (non-hydrogen) atoms. The fraction of sp³-hybridized carbons (Fsp3) is 0.308. The van der Waals surface area contributed by atoms with E-state index < -0.39 is 17.6 Å². The molecule has 2 aromatic carbocycles. The van der Waals surface area contributed by atoms with E-state index in [0.717, 1.165) is 41.1 Å². The first-order valence-electron chi connectivity index (χ1n) is 11.6. The Morgan fingerprint density at radius 1 is 0.972 bits per heavy atom. The van der Waals surface area contributed by atoms with E-state index in [1.807, 2.05) is 36.2 Å². The highest BCUT2D eigenvalue weighted by atomic mass is 19.4. The molecule has 0 amide bonds. The first-order chi connectivity index (χ1) is 17.3. The zero-order valence-electron chi connectivity index (χ0n) is 19.6. The van der Waals surface area contributed by atoms with Crippen molar-refractivity contribution in [3.8, 4) is 11.3 Å². The number of fused-ring (bicyclic) bond motifs is 1. The summed E-state index contributed by atoms with van der Waals surface area (Å²) in [4.78, 5) is 12.3. The number of hydrogen-bond donors (Lipinski definition) is 0. The van der Waals surface area contributed by atoms with Gasteiger partial charge in [-0.2, -0.15) is 13.2 Å². The Hall–Kier alpha value is -3.66. The van der Waals surface area contributed by atoms with Gasteiger partial charge in [-0.3, -0.25) is 4.90 Å². The number of halogens is 4. The Bertz CT molecular complexity index is 1350. The zero-order valence-corrected chi connectivity index (χ0v) is 19.6. The molecular weight excluding hydrogens is 472 g/mol. The highest BCUT2D eigenvalue weighted by Gasteiger charge is 2.34. The van der Waals surface area contributed by atoms with Crippen LogP contribution >= 0.6 is 0 Å². The molecule has 1 aliphatic heterocycles. The van der Waals surface area contributed by atoms with E-state index >= 15 is 0 Å². The average molecular weight is 497 g/mol. The summed E-state index contributed by atoms with van der Waals surface area (Å²) in [6, 6.07) is 10.9. The highest BCUT2D eigenvalue weighted by molar-refractivity contribution is 6.00. The average Bonchev–Trinajstić information content (AvgIpc) is 2.89. The molecule has 10 heteroatoms. The van der Waals surface area contributed by atoms with Crippen molar-refractivity contribution in [1.29, 1.82) is 0 Å². The Kier molecular flexibility index (Phi) is 6.53. The normalized spacial score (nSPS) is 15.1. The van der Waals surface area contributed by atoms with Crippen LogP contribution in [0.5, 0.6) is 0 Å². The van der Waals surface area contributed by atoms with Crippen molar-refractivity contribution in [3.05, 3.63) is 78.1 Å². The second kappa shape index (κ2) is 9.77. The third-order valence-corrected chi connectivity index (χ3v) is 6.69. The van der Waals surface area contributed by atoms with Gasteiger partial charge >= 0.3 is 6.18 Å². The molecule has 5 rings (SSSR count). The van der Waals surface area contributed by atoms with Gasteiger partial charge in [-0.05, 0) is 37.6 Å². The summed E-state index contributed by atoms with van der Waals surface area (Å²) in [6.07, 6.45) is 1.78. The van der Waals surface area contributed by atoms with E-state index in [4.69, 9.17) is 0 Å². The summed E-state index contributed by atoms with van der Waals surface area (Å²) in [5, 5.41) is 10.9. The molecule has 6 nitrogen and oxygen atoms in total. The van der Waals surface area contributed by atoms with E-state index in [1.54, 1.807) is 12.4 Å². The van der Waals surface area contributed by atoms with Gasteiger partial charge in [-0.25, -0.2) is 14.4 Å². The molecule has 0 N–H and O–H groups in total. The fourth-order valence-corrected chi connectivity index (χ4v) is 4.82. The molecule has 1 saturated heterocycles. The SMILES string of the molecule is CN(Cc1ccc(F)cc1C(F)(F)F)C1CCN(c2nnc(-c3cncnc3)c3ccccc23)CC1. The van der Waals surface area contributed by atoms with Crippen molar-refractivity contribution >= 4 is 16.6 Å². The van der Waals surface area contributed by atoms with E-state index in [9.17, 15) is 17.6 Å². The minimum absolute atomic E-state index is 0.0752.